The molecule has 0 saturated carbocycles. The van der Waals surface area contributed by atoms with Crippen molar-refractivity contribution in [3.63, 3.8) is 0 Å². The molecule has 4 N–H and O–H groups in total. The predicted molar refractivity (Wildman–Crippen MR) is 157 cm³/mol. The van der Waals surface area contributed by atoms with Crippen LogP contribution in [0.25, 0.3) is 23.0 Å². The van der Waals surface area contributed by atoms with Crippen LogP contribution >= 0.6 is 0 Å². The van der Waals surface area contributed by atoms with E-state index in [1.807, 2.05) is 4.57 Å². The third kappa shape index (κ3) is 12.0. The number of unbranched alkanes of at least 4 members (excludes halogenated alkanes) is 13. The molecule has 0 aromatic carbocycles. The molecule has 1 atom stereocenters. The Morgan fingerprint density at radius 2 is 1.38 bits per heavy atom. The summed E-state index contributed by atoms with van der Waals surface area (Å²) in [6, 6.07) is 0. The van der Waals surface area contributed by atoms with Crippen LogP contribution in [0.4, 0.5) is 0 Å². The molecule has 3 rings (SSSR count). The molecule has 1 amide bonds. The summed E-state index contributed by atoms with van der Waals surface area (Å²) in [6.45, 7) is 3.19. The number of aliphatic carboxylic acids is 1. The topological polar surface area (TPSA) is 193 Å². The molecule has 0 aliphatic heterocycles. The molecule has 0 fully saturated rings. The number of aromatic amines is 2. The second-order valence-electron chi connectivity index (χ2n) is 11.1. The first-order valence-electron chi connectivity index (χ1n) is 15.6. The molecular weight excluding hydrogens is 538 g/mol. The van der Waals surface area contributed by atoms with E-state index in [2.05, 4.69) is 51.5 Å². The van der Waals surface area contributed by atoms with E-state index >= 15 is 0 Å². The molecule has 0 aliphatic carbocycles. The van der Waals surface area contributed by atoms with Gasteiger partial charge >= 0.3 is 5.97 Å². The third-order valence-corrected chi connectivity index (χ3v) is 7.59. The minimum Gasteiger partial charge on any atom is -0.481 e. The Hall–Kier alpha value is -3.71. The monoisotopic (exact) mass is 585 g/mol. The SMILES string of the molecule is C[C@@H](CCCCNC(=O)CCCCCCCCCCCCCCCn1cnc(-c2nnn[nH]2)c1-c1nnn[nH]1)C(=O)O. The van der Waals surface area contributed by atoms with Gasteiger partial charge in [-0.3, -0.25) is 9.59 Å². The van der Waals surface area contributed by atoms with E-state index in [4.69, 9.17) is 5.11 Å². The quantitative estimate of drug-likeness (QED) is 0.107. The third-order valence-electron chi connectivity index (χ3n) is 7.59. The molecule has 0 bridgehead atoms. The number of hydrogen-bond donors (Lipinski definition) is 4. The van der Waals surface area contributed by atoms with E-state index in [0.717, 1.165) is 50.8 Å². The number of nitrogens with zero attached hydrogens (tertiary/aromatic N) is 8. The average Bonchev–Trinajstić information content (AvgIpc) is 3.76. The first kappa shape index (κ1) is 32.8. The molecule has 0 aliphatic rings. The van der Waals surface area contributed by atoms with Crippen LogP contribution in [0.1, 0.15) is 116 Å². The van der Waals surface area contributed by atoms with Crippen molar-refractivity contribution in [2.45, 2.75) is 123 Å². The Balaban J connectivity index is 1.11. The van der Waals surface area contributed by atoms with Crippen LogP contribution in [-0.2, 0) is 16.1 Å². The van der Waals surface area contributed by atoms with E-state index in [9.17, 15) is 9.59 Å². The predicted octanol–water partition coefficient (Wildman–Crippen LogP) is 4.71. The summed E-state index contributed by atoms with van der Waals surface area (Å²) in [6.07, 6.45) is 20.4. The molecule has 3 aromatic heterocycles. The van der Waals surface area contributed by atoms with Gasteiger partial charge in [-0.1, -0.05) is 84.0 Å². The molecule has 42 heavy (non-hydrogen) atoms. The van der Waals surface area contributed by atoms with Crippen molar-refractivity contribution < 1.29 is 14.7 Å². The van der Waals surface area contributed by atoms with Gasteiger partial charge < -0.3 is 15.0 Å². The normalized spacial score (nSPS) is 12.0. The molecule has 0 saturated heterocycles. The van der Waals surface area contributed by atoms with Gasteiger partial charge in [-0.25, -0.2) is 15.2 Å². The van der Waals surface area contributed by atoms with Crippen LogP contribution in [-0.4, -0.2) is 74.3 Å². The number of aromatic nitrogens is 10. The van der Waals surface area contributed by atoms with Gasteiger partial charge in [-0.2, -0.15) is 0 Å². The van der Waals surface area contributed by atoms with Crippen LogP contribution in [0.2, 0.25) is 0 Å². The van der Waals surface area contributed by atoms with Crippen molar-refractivity contribution in [2.24, 2.45) is 5.92 Å². The molecule has 232 valence electrons. The minimum absolute atomic E-state index is 0.117. The molecule has 3 heterocycles. The standard InChI is InChI=1S/C28H47N11O3/c1-22(28(41)42)17-14-15-19-29-23(40)18-13-11-9-7-5-3-2-4-6-8-10-12-16-20-39-21-30-24(26-31-35-36-32-26)25(39)27-33-37-38-34-27/h21-22H,2-20H2,1H3,(H,29,40)(H,41,42)(H,31,32,35,36)(H,33,34,37,38)/t22-/m0/s1. The number of carbonyl (C=O) groups excluding carboxylic acids is 1. The van der Waals surface area contributed by atoms with Crippen molar-refractivity contribution in [2.75, 3.05) is 6.54 Å². The Morgan fingerprint density at radius 3 is 1.95 bits per heavy atom. The van der Waals surface area contributed by atoms with Gasteiger partial charge in [-0.05, 0) is 46.5 Å². The van der Waals surface area contributed by atoms with E-state index in [0.29, 0.717) is 36.7 Å². The number of hydrogen-bond acceptors (Lipinski definition) is 9. The maximum atomic E-state index is 11.9. The van der Waals surface area contributed by atoms with Crippen LogP contribution in [0, 0.1) is 5.92 Å². The summed E-state index contributed by atoms with van der Waals surface area (Å²) in [7, 11) is 0. The number of imidazole rings is 1. The number of nitrogens with one attached hydrogen (secondary N) is 3. The second-order valence-corrected chi connectivity index (χ2v) is 11.1. The highest BCUT2D eigenvalue weighted by molar-refractivity contribution is 5.75. The highest BCUT2D eigenvalue weighted by Crippen LogP contribution is 2.26. The number of carboxylic acid groups (broad SMARTS) is 1. The smallest absolute Gasteiger partial charge is 0.306 e. The Bertz CT molecular complexity index is 1130. The van der Waals surface area contributed by atoms with Crippen molar-refractivity contribution in [1.82, 2.24) is 56.1 Å². The molecule has 14 heteroatoms. The van der Waals surface area contributed by atoms with Gasteiger partial charge in [0.15, 0.2) is 11.6 Å². The van der Waals surface area contributed by atoms with Crippen molar-refractivity contribution in [1.29, 1.82) is 0 Å². The van der Waals surface area contributed by atoms with Gasteiger partial charge in [0.1, 0.15) is 11.4 Å². The number of aryl methyl sites for hydroxylation is 1. The number of rotatable bonds is 24. The summed E-state index contributed by atoms with van der Waals surface area (Å²) >= 11 is 0. The summed E-state index contributed by atoms with van der Waals surface area (Å²) in [4.78, 5) is 27.2. The van der Waals surface area contributed by atoms with Crippen molar-refractivity contribution in [3.05, 3.63) is 6.33 Å². The Labute approximate surface area is 247 Å². The largest absolute Gasteiger partial charge is 0.481 e. The van der Waals surface area contributed by atoms with E-state index in [1.165, 1.54) is 57.8 Å². The highest BCUT2D eigenvalue weighted by atomic mass is 16.4. The highest BCUT2D eigenvalue weighted by Gasteiger charge is 2.20. The van der Waals surface area contributed by atoms with Crippen LogP contribution in [0.5, 0.6) is 0 Å². The fourth-order valence-corrected chi connectivity index (χ4v) is 5.02. The van der Waals surface area contributed by atoms with E-state index in [1.54, 1.807) is 13.3 Å². The molecular formula is C28H47N11O3. The Kier molecular flexibility index (Phi) is 15.2. The minimum atomic E-state index is -0.749. The molecule has 3 aromatic rings. The lowest BCUT2D eigenvalue weighted by atomic mass is 10.0. The second kappa shape index (κ2) is 19.4. The molecule has 14 nitrogen and oxygen atoms in total. The zero-order chi connectivity index (χ0) is 29.8. The van der Waals surface area contributed by atoms with E-state index < -0.39 is 5.97 Å². The van der Waals surface area contributed by atoms with E-state index in [-0.39, 0.29) is 11.8 Å². The lowest BCUT2D eigenvalue weighted by Gasteiger charge is -2.07. The van der Waals surface area contributed by atoms with Crippen LogP contribution in [0.3, 0.4) is 0 Å². The first-order chi connectivity index (χ1) is 20.6. The fraction of sp³-hybridized carbons (Fsp3) is 0.750. The van der Waals surface area contributed by atoms with Gasteiger partial charge in [-0.15, -0.1) is 10.2 Å². The zero-order valence-electron chi connectivity index (χ0n) is 24.9. The summed E-state index contributed by atoms with van der Waals surface area (Å²) in [5.74, 6) is 0.0783. The van der Waals surface area contributed by atoms with Crippen molar-refractivity contribution in [3.8, 4) is 23.0 Å². The number of carbonyl (C=O) groups is 2. The zero-order valence-corrected chi connectivity index (χ0v) is 24.9. The van der Waals surface area contributed by atoms with Gasteiger partial charge in [0.05, 0.1) is 12.2 Å². The Morgan fingerprint density at radius 1 is 0.810 bits per heavy atom. The summed E-state index contributed by atoms with van der Waals surface area (Å²) in [5.41, 5.74) is 1.40. The van der Waals surface area contributed by atoms with Crippen LogP contribution < -0.4 is 5.32 Å². The number of amides is 1. The molecule has 0 spiro atoms. The van der Waals surface area contributed by atoms with Gasteiger partial charge in [0.25, 0.3) is 0 Å². The first-order valence-corrected chi connectivity index (χ1v) is 15.6. The number of carboxylic acids is 1. The number of tetrazole rings is 2. The summed E-state index contributed by atoms with van der Waals surface area (Å²) in [5, 5.41) is 40.1. The van der Waals surface area contributed by atoms with Crippen LogP contribution in [0.15, 0.2) is 6.33 Å². The fourth-order valence-electron chi connectivity index (χ4n) is 5.02. The average molecular weight is 586 g/mol. The maximum Gasteiger partial charge on any atom is 0.306 e. The summed E-state index contributed by atoms with van der Waals surface area (Å²) < 4.78 is 2.05. The lowest BCUT2D eigenvalue weighted by molar-refractivity contribution is -0.141. The molecule has 0 radical (unpaired) electrons. The van der Waals surface area contributed by atoms with Gasteiger partial charge in [0.2, 0.25) is 5.91 Å². The maximum absolute atomic E-state index is 11.9. The van der Waals surface area contributed by atoms with Gasteiger partial charge in [0, 0.05) is 19.5 Å². The number of H-pyrrole nitrogens is 2. The van der Waals surface area contributed by atoms with Crippen molar-refractivity contribution >= 4 is 11.9 Å². The lowest BCUT2D eigenvalue weighted by Crippen LogP contribution is -2.24. The molecule has 0 unspecified atom stereocenters.